The number of anilines is 1. The van der Waals surface area contributed by atoms with Gasteiger partial charge in [-0.1, -0.05) is 23.7 Å². The molecule has 0 saturated carbocycles. The maximum atomic E-state index is 12.4. The van der Waals surface area contributed by atoms with E-state index in [0.29, 0.717) is 10.7 Å². The van der Waals surface area contributed by atoms with Crippen LogP contribution in [0.1, 0.15) is 19.4 Å². The van der Waals surface area contributed by atoms with Crippen molar-refractivity contribution >= 4 is 23.2 Å². The molecule has 2 aromatic rings. The number of hydrogen-bond acceptors (Lipinski definition) is 2. The van der Waals surface area contributed by atoms with Gasteiger partial charge in [-0.2, -0.15) is 0 Å². The fraction of sp³-hybridized carbons (Fsp3) is 0.188. The van der Waals surface area contributed by atoms with E-state index in [4.69, 9.17) is 11.6 Å². The van der Waals surface area contributed by atoms with Crippen LogP contribution in [-0.2, 0) is 10.2 Å². The van der Waals surface area contributed by atoms with Crippen LogP contribution in [-0.4, -0.2) is 11.0 Å². The Balaban J connectivity index is 2.21. The number of phenols is 1. The minimum absolute atomic E-state index is 0.134. The van der Waals surface area contributed by atoms with Crippen LogP contribution in [0.2, 0.25) is 5.02 Å². The second-order valence-electron chi connectivity index (χ2n) is 5.14. The summed E-state index contributed by atoms with van der Waals surface area (Å²) >= 11 is 5.97. The summed E-state index contributed by atoms with van der Waals surface area (Å²) in [6.07, 6.45) is 0. The molecule has 4 heteroatoms. The van der Waals surface area contributed by atoms with Crippen molar-refractivity contribution in [2.45, 2.75) is 19.3 Å². The zero-order valence-corrected chi connectivity index (χ0v) is 12.1. The number of benzene rings is 2. The number of rotatable bonds is 3. The van der Waals surface area contributed by atoms with Crippen molar-refractivity contribution in [1.29, 1.82) is 0 Å². The van der Waals surface area contributed by atoms with E-state index in [1.54, 1.807) is 24.3 Å². The Bertz CT molecular complexity index is 621. The molecule has 0 saturated heterocycles. The van der Waals surface area contributed by atoms with Crippen LogP contribution in [0.25, 0.3) is 0 Å². The summed E-state index contributed by atoms with van der Waals surface area (Å²) in [5, 5.41) is 12.7. The molecule has 0 aromatic heterocycles. The highest BCUT2D eigenvalue weighted by atomic mass is 35.5. The molecule has 0 aliphatic heterocycles. The third-order valence-corrected chi connectivity index (χ3v) is 3.47. The van der Waals surface area contributed by atoms with E-state index in [0.717, 1.165) is 5.56 Å². The molecule has 0 spiro atoms. The monoisotopic (exact) mass is 289 g/mol. The van der Waals surface area contributed by atoms with Crippen LogP contribution < -0.4 is 5.32 Å². The number of carbonyl (C=O) groups excluding carboxylic acids is 1. The molecule has 3 nitrogen and oxygen atoms in total. The van der Waals surface area contributed by atoms with Crippen molar-refractivity contribution in [3.63, 3.8) is 0 Å². The lowest BCUT2D eigenvalue weighted by molar-refractivity contribution is -0.120. The molecule has 2 aromatic carbocycles. The van der Waals surface area contributed by atoms with Crippen molar-refractivity contribution < 1.29 is 9.90 Å². The summed E-state index contributed by atoms with van der Waals surface area (Å²) < 4.78 is 0. The van der Waals surface area contributed by atoms with Gasteiger partial charge in [0.1, 0.15) is 5.75 Å². The fourth-order valence-corrected chi connectivity index (χ4v) is 2.03. The number of halogens is 1. The predicted octanol–water partition coefficient (Wildman–Crippen LogP) is 3.96. The minimum Gasteiger partial charge on any atom is -0.508 e. The third-order valence-electron chi connectivity index (χ3n) is 3.24. The van der Waals surface area contributed by atoms with E-state index in [2.05, 4.69) is 5.32 Å². The molecule has 0 aliphatic carbocycles. The Morgan fingerprint density at radius 2 is 1.80 bits per heavy atom. The van der Waals surface area contributed by atoms with E-state index in [9.17, 15) is 9.90 Å². The molecule has 1 amide bonds. The van der Waals surface area contributed by atoms with E-state index >= 15 is 0 Å². The molecule has 0 bridgehead atoms. The zero-order chi connectivity index (χ0) is 14.8. The molecule has 2 rings (SSSR count). The van der Waals surface area contributed by atoms with E-state index < -0.39 is 5.41 Å². The summed E-state index contributed by atoms with van der Waals surface area (Å²) in [7, 11) is 0. The molecule has 0 radical (unpaired) electrons. The maximum absolute atomic E-state index is 12.4. The Labute approximate surface area is 123 Å². The first kappa shape index (κ1) is 14.4. The molecule has 2 N–H and O–H groups in total. The van der Waals surface area contributed by atoms with Gasteiger partial charge in [-0.15, -0.1) is 0 Å². The van der Waals surface area contributed by atoms with Crippen molar-refractivity contribution in [3.05, 3.63) is 59.1 Å². The highest BCUT2D eigenvalue weighted by molar-refractivity contribution is 6.30. The second-order valence-corrected chi connectivity index (χ2v) is 5.57. The molecule has 0 fully saturated rings. The normalized spacial score (nSPS) is 11.2. The van der Waals surface area contributed by atoms with Gasteiger partial charge in [0.05, 0.1) is 5.41 Å². The Kier molecular flexibility index (Phi) is 4.00. The fourth-order valence-electron chi connectivity index (χ4n) is 1.84. The summed E-state index contributed by atoms with van der Waals surface area (Å²) in [6.45, 7) is 3.68. The molecule has 0 heterocycles. The Hall–Kier alpha value is -2.00. The summed E-state index contributed by atoms with van der Waals surface area (Å²) in [5.41, 5.74) is 0.784. The second kappa shape index (κ2) is 5.55. The van der Waals surface area contributed by atoms with Gasteiger partial charge in [-0.05, 0) is 55.8 Å². The van der Waals surface area contributed by atoms with Crippen molar-refractivity contribution in [1.82, 2.24) is 0 Å². The summed E-state index contributed by atoms with van der Waals surface area (Å²) in [4.78, 5) is 12.4. The Morgan fingerprint density at radius 3 is 2.40 bits per heavy atom. The lowest BCUT2D eigenvalue weighted by Crippen LogP contribution is -2.34. The van der Waals surface area contributed by atoms with Crippen LogP contribution in [0.4, 0.5) is 5.69 Å². The molecular formula is C16H16ClNO2. The molecule has 0 unspecified atom stereocenters. The van der Waals surface area contributed by atoms with Gasteiger partial charge in [0.2, 0.25) is 5.91 Å². The average molecular weight is 290 g/mol. The first-order valence-corrected chi connectivity index (χ1v) is 6.64. The van der Waals surface area contributed by atoms with E-state index in [1.807, 2.05) is 26.0 Å². The van der Waals surface area contributed by atoms with Crippen molar-refractivity contribution in [2.75, 3.05) is 5.32 Å². The lowest BCUT2D eigenvalue weighted by atomic mass is 9.83. The van der Waals surface area contributed by atoms with Gasteiger partial charge < -0.3 is 10.4 Å². The van der Waals surface area contributed by atoms with Gasteiger partial charge in [0, 0.05) is 10.7 Å². The Morgan fingerprint density at radius 1 is 1.15 bits per heavy atom. The third kappa shape index (κ3) is 3.11. The first-order chi connectivity index (χ1) is 9.39. The first-order valence-electron chi connectivity index (χ1n) is 6.26. The zero-order valence-electron chi connectivity index (χ0n) is 11.4. The molecule has 20 heavy (non-hydrogen) atoms. The number of hydrogen-bond donors (Lipinski definition) is 2. The largest absolute Gasteiger partial charge is 0.508 e. The molecule has 0 atom stereocenters. The predicted molar refractivity (Wildman–Crippen MR) is 81.2 cm³/mol. The van der Waals surface area contributed by atoms with Gasteiger partial charge in [-0.3, -0.25) is 4.79 Å². The van der Waals surface area contributed by atoms with Crippen LogP contribution in [0.5, 0.6) is 5.75 Å². The summed E-state index contributed by atoms with van der Waals surface area (Å²) in [6, 6.07) is 13.6. The number of amides is 1. The lowest BCUT2D eigenvalue weighted by Gasteiger charge is -2.24. The van der Waals surface area contributed by atoms with Gasteiger partial charge in [0.25, 0.3) is 0 Å². The maximum Gasteiger partial charge on any atom is 0.234 e. The molecular weight excluding hydrogens is 274 g/mol. The minimum atomic E-state index is -0.706. The average Bonchev–Trinajstić information content (AvgIpc) is 2.41. The van der Waals surface area contributed by atoms with Crippen LogP contribution in [0, 0.1) is 0 Å². The topological polar surface area (TPSA) is 49.3 Å². The number of nitrogens with one attached hydrogen (secondary N) is 1. The van der Waals surface area contributed by atoms with E-state index in [1.165, 1.54) is 12.1 Å². The van der Waals surface area contributed by atoms with Crippen molar-refractivity contribution in [3.8, 4) is 5.75 Å². The van der Waals surface area contributed by atoms with Crippen LogP contribution >= 0.6 is 11.6 Å². The van der Waals surface area contributed by atoms with Gasteiger partial charge >= 0.3 is 0 Å². The van der Waals surface area contributed by atoms with E-state index in [-0.39, 0.29) is 11.7 Å². The SMILES string of the molecule is CC(C)(C(=O)Nc1ccc(O)cc1)c1cccc(Cl)c1. The van der Waals surface area contributed by atoms with Crippen LogP contribution in [0.3, 0.4) is 0 Å². The number of phenolic OH excluding ortho intramolecular Hbond substituents is 1. The van der Waals surface area contributed by atoms with Gasteiger partial charge in [0.15, 0.2) is 0 Å². The smallest absolute Gasteiger partial charge is 0.234 e. The highest BCUT2D eigenvalue weighted by Gasteiger charge is 2.29. The highest BCUT2D eigenvalue weighted by Crippen LogP contribution is 2.27. The molecule has 104 valence electrons. The number of carbonyl (C=O) groups is 1. The van der Waals surface area contributed by atoms with Crippen LogP contribution in [0.15, 0.2) is 48.5 Å². The van der Waals surface area contributed by atoms with Crippen molar-refractivity contribution in [2.24, 2.45) is 0 Å². The molecule has 0 aliphatic rings. The quantitative estimate of drug-likeness (QED) is 0.840. The number of aromatic hydroxyl groups is 1. The standard InChI is InChI=1S/C16H16ClNO2/c1-16(2,11-4-3-5-12(17)10-11)15(20)18-13-6-8-14(19)9-7-13/h3-10,19H,1-2H3,(H,18,20). The van der Waals surface area contributed by atoms with Gasteiger partial charge in [-0.25, -0.2) is 0 Å². The summed E-state index contributed by atoms with van der Waals surface area (Å²) in [5.74, 6) is 0.0301.